The summed E-state index contributed by atoms with van der Waals surface area (Å²) < 4.78 is 1.20. The maximum absolute atomic E-state index is 3.89. The highest BCUT2D eigenvalue weighted by atomic mass is 79.9. The molecule has 0 N–H and O–H groups in total. The quantitative estimate of drug-likeness (QED) is 0.112. The van der Waals surface area contributed by atoms with Gasteiger partial charge in [0.25, 0.3) is 0 Å². The van der Waals surface area contributed by atoms with E-state index in [1.54, 1.807) is 21.9 Å². The van der Waals surface area contributed by atoms with Gasteiger partial charge in [-0.05, 0) is 129 Å². The molecule has 0 aromatic heterocycles. The Labute approximate surface area is 321 Å². The summed E-state index contributed by atoms with van der Waals surface area (Å²) in [4.78, 5) is 0. The number of halogens is 1. The Morgan fingerprint density at radius 1 is 0.471 bits per heavy atom. The van der Waals surface area contributed by atoms with E-state index in [4.69, 9.17) is 0 Å². The molecular weight excluding hydrogens is 697 g/mol. The van der Waals surface area contributed by atoms with Crippen LogP contribution in [-0.4, -0.2) is 8.07 Å². The molecule has 0 nitrogen and oxygen atoms in total. The van der Waals surface area contributed by atoms with Gasteiger partial charge in [-0.2, -0.15) is 0 Å². The molecule has 0 spiro atoms. The Morgan fingerprint density at radius 3 is 1.18 bits per heavy atom. The van der Waals surface area contributed by atoms with Crippen molar-refractivity contribution in [2.45, 2.75) is 137 Å². The van der Waals surface area contributed by atoms with Gasteiger partial charge in [0.2, 0.25) is 0 Å². The fraction of sp³-hybridized carbons (Fsp3) is 0.510. The first-order valence-electron chi connectivity index (χ1n) is 20.5. The summed E-state index contributed by atoms with van der Waals surface area (Å²) in [5, 5.41) is 1.59. The van der Waals surface area contributed by atoms with Crippen molar-refractivity contribution >= 4 is 29.2 Å². The first-order valence-corrected chi connectivity index (χ1v) is 24.8. The van der Waals surface area contributed by atoms with Crippen molar-refractivity contribution in [3.63, 3.8) is 0 Å². The maximum Gasteiger partial charge on any atom is 0.0776 e. The molecule has 0 bridgehead atoms. The molecule has 4 aromatic rings. The van der Waals surface area contributed by atoms with Gasteiger partial charge in [0.05, 0.1) is 8.07 Å². The summed E-state index contributed by atoms with van der Waals surface area (Å²) in [6, 6.07) is 29.9. The molecule has 2 aliphatic rings. The van der Waals surface area contributed by atoms with E-state index in [1.165, 1.54) is 94.8 Å². The van der Waals surface area contributed by atoms with E-state index < -0.39 is 8.07 Å². The average molecular weight is 762 g/mol. The van der Waals surface area contributed by atoms with Crippen LogP contribution in [0.4, 0.5) is 0 Å². The van der Waals surface area contributed by atoms with Crippen molar-refractivity contribution in [2.24, 2.45) is 23.7 Å². The van der Waals surface area contributed by atoms with Gasteiger partial charge < -0.3 is 0 Å². The van der Waals surface area contributed by atoms with Gasteiger partial charge in [0.15, 0.2) is 0 Å². The van der Waals surface area contributed by atoms with Crippen LogP contribution in [0.5, 0.6) is 0 Å². The number of benzene rings is 4. The molecule has 2 aliphatic carbocycles. The lowest BCUT2D eigenvalue weighted by atomic mass is 9.66. The lowest BCUT2D eigenvalue weighted by Crippen LogP contribution is -2.39. The smallest absolute Gasteiger partial charge is 0.0656 e. The zero-order valence-electron chi connectivity index (χ0n) is 33.8. The number of fused-ring (bicyclic) bond motifs is 6. The molecule has 0 fully saturated rings. The Bertz CT molecular complexity index is 1850. The molecule has 0 heterocycles. The standard InChI is InChI=1S/C49H65BrSi/c1-12-32(5)28-48(29-33(6)13-2)44-24-36(16-20-40(44)42-22-18-38(50)26-46(42)48)37-17-21-41-43-23-19-39(51(9,10)11)27-47(43)49(45(41)25-37,30-34(7)14-3)31-35(8)15-4/h16-27,32-35H,12-15,28-31H2,1-11H3/t32-,33-,34-,35-/m0/s1. The highest BCUT2D eigenvalue weighted by molar-refractivity contribution is 9.10. The van der Waals surface area contributed by atoms with Gasteiger partial charge >= 0.3 is 0 Å². The van der Waals surface area contributed by atoms with E-state index in [2.05, 4.69) is 164 Å². The van der Waals surface area contributed by atoms with Crippen molar-refractivity contribution in [3.05, 3.63) is 99.5 Å². The zero-order chi connectivity index (χ0) is 36.9. The van der Waals surface area contributed by atoms with E-state index >= 15 is 0 Å². The molecule has 0 saturated heterocycles. The molecule has 4 aromatic carbocycles. The maximum atomic E-state index is 3.89. The van der Waals surface area contributed by atoms with Crippen molar-refractivity contribution in [1.82, 2.24) is 0 Å². The van der Waals surface area contributed by atoms with Gasteiger partial charge in [0, 0.05) is 15.3 Å². The molecule has 51 heavy (non-hydrogen) atoms. The van der Waals surface area contributed by atoms with Gasteiger partial charge in [-0.15, -0.1) is 0 Å². The van der Waals surface area contributed by atoms with Crippen LogP contribution in [0.25, 0.3) is 33.4 Å². The molecule has 0 aliphatic heterocycles. The molecule has 6 rings (SSSR count). The van der Waals surface area contributed by atoms with Crippen LogP contribution >= 0.6 is 15.9 Å². The van der Waals surface area contributed by atoms with Crippen molar-refractivity contribution < 1.29 is 0 Å². The van der Waals surface area contributed by atoms with Gasteiger partial charge in [-0.25, -0.2) is 0 Å². The van der Waals surface area contributed by atoms with Crippen LogP contribution in [0.1, 0.15) is 129 Å². The Morgan fingerprint density at radius 2 is 0.804 bits per heavy atom. The predicted molar refractivity (Wildman–Crippen MR) is 231 cm³/mol. The van der Waals surface area contributed by atoms with E-state index in [1.807, 2.05) is 0 Å². The second kappa shape index (κ2) is 14.8. The minimum absolute atomic E-state index is 0.0202. The molecule has 4 atom stereocenters. The fourth-order valence-electron chi connectivity index (χ4n) is 9.79. The van der Waals surface area contributed by atoms with E-state index in [0.29, 0.717) is 23.7 Å². The molecule has 0 radical (unpaired) electrons. The molecular formula is C49H65BrSi. The minimum atomic E-state index is -1.49. The summed E-state index contributed by atoms with van der Waals surface area (Å²) in [6.45, 7) is 27.0. The average Bonchev–Trinajstić information content (AvgIpc) is 3.52. The lowest BCUT2D eigenvalue weighted by molar-refractivity contribution is 0.308. The number of rotatable bonds is 14. The first-order chi connectivity index (χ1) is 24.2. The van der Waals surface area contributed by atoms with Crippen molar-refractivity contribution in [2.75, 3.05) is 0 Å². The Hall–Kier alpha value is -2.42. The third kappa shape index (κ3) is 6.91. The van der Waals surface area contributed by atoms with Crippen molar-refractivity contribution in [1.29, 1.82) is 0 Å². The molecule has 0 amide bonds. The predicted octanol–water partition coefficient (Wildman–Crippen LogP) is 14.9. The lowest BCUT2D eigenvalue weighted by Gasteiger charge is -2.38. The summed E-state index contributed by atoms with van der Waals surface area (Å²) in [7, 11) is -1.49. The molecule has 0 unspecified atom stereocenters. The fourth-order valence-corrected chi connectivity index (χ4v) is 11.3. The molecule has 0 saturated carbocycles. The highest BCUT2D eigenvalue weighted by Gasteiger charge is 2.46. The van der Waals surface area contributed by atoms with E-state index in [9.17, 15) is 0 Å². The summed E-state index contributed by atoms with van der Waals surface area (Å²) >= 11 is 3.89. The highest BCUT2D eigenvalue weighted by Crippen LogP contribution is 2.58. The second-order valence-electron chi connectivity index (χ2n) is 18.3. The summed E-state index contributed by atoms with van der Waals surface area (Å²) in [5.74, 6) is 2.62. The SMILES string of the molecule is CC[C@H](C)CC1(C[C@@H](C)CC)c2cc(Br)ccc2-c2ccc(-c3ccc4c(c3)C(C[C@@H](C)CC)(C[C@@H](C)CC)c3cc([Si](C)(C)C)ccc3-4)cc21. The van der Waals surface area contributed by atoms with Crippen LogP contribution in [0.3, 0.4) is 0 Å². The van der Waals surface area contributed by atoms with Crippen LogP contribution in [0, 0.1) is 23.7 Å². The van der Waals surface area contributed by atoms with Crippen LogP contribution in [0.15, 0.2) is 77.3 Å². The van der Waals surface area contributed by atoms with E-state index in [0.717, 1.165) is 0 Å². The largest absolute Gasteiger partial charge is 0.0776 e. The van der Waals surface area contributed by atoms with Crippen LogP contribution < -0.4 is 5.19 Å². The topological polar surface area (TPSA) is 0 Å². The Kier molecular flexibility index (Phi) is 11.1. The number of hydrogen-bond acceptors (Lipinski definition) is 0. The zero-order valence-corrected chi connectivity index (χ0v) is 36.4. The van der Waals surface area contributed by atoms with Crippen LogP contribution in [-0.2, 0) is 10.8 Å². The first kappa shape index (κ1) is 38.3. The third-order valence-corrected chi connectivity index (χ3v) is 16.0. The molecule has 2 heteroatoms. The monoisotopic (exact) mass is 760 g/mol. The van der Waals surface area contributed by atoms with Gasteiger partial charge in [-0.1, -0.05) is 170 Å². The van der Waals surface area contributed by atoms with Crippen LogP contribution in [0.2, 0.25) is 19.6 Å². The Balaban J connectivity index is 1.57. The van der Waals surface area contributed by atoms with Crippen molar-refractivity contribution in [3.8, 4) is 33.4 Å². The number of hydrogen-bond donors (Lipinski definition) is 0. The van der Waals surface area contributed by atoms with E-state index in [-0.39, 0.29) is 10.8 Å². The molecule has 272 valence electrons. The summed E-state index contributed by atoms with van der Waals surface area (Å²) in [6.07, 6.45) is 9.67. The van der Waals surface area contributed by atoms with Gasteiger partial charge in [0.1, 0.15) is 0 Å². The minimum Gasteiger partial charge on any atom is -0.0656 e. The van der Waals surface area contributed by atoms with Gasteiger partial charge in [-0.3, -0.25) is 0 Å². The summed E-state index contributed by atoms with van der Waals surface area (Å²) in [5.41, 5.74) is 15.0. The normalized spacial score (nSPS) is 17.6. The third-order valence-electron chi connectivity index (χ3n) is 13.5. The second-order valence-corrected chi connectivity index (χ2v) is 24.2.